The van der Waals surface area contributed by atoms with Gasteiger partial charge in [-0.25, -0.2) is 0 Å². The van der Waals surface area contributed by atoms with Crippen molar-refractivity contribution in [3.05, 3.63) is 12.2 Å². The lowest BCUT2D eigenvalue weighted by Crippen LogP contribution is -2.53. The second-order valence-electron chi connectivity index (χ2n) is 18.6. The third-order valence-electron chi connectivity index (χ3n) is 12.7. The number of allylic oxidation sites excluding steroid dienone is 2. The van der Waals surface area contributed by atoms with Gasteiger partial charge in [-0.3, -0.25) is 4.79 Å². The standard InChI is InChI=1S/C53H105NO5/c1-3-5-7-9-11-13-15-16-17-18-19-20-21-22-23-24-25-26-27-28-29-30-31-32-33-34-35-37-39-41-43-45-47-51(57)53(59)54-49(48-55)52(58)50(56)46-44-42-40-38-36-14-12-10-8-6-4-2/h22-23,49-52,55-58H,3-21,24-48H2,1-2H3,(H,54,59)/b23-22-. The Balaban J connectivity index is 3.53. The quantitative estimate of drug-likeness (QED) is 0.0310. The summed E-state index contributed by atoms with van der Waals surface area (Å²) in [6.45, 7) is 4.06. The van der Waals surface area contributed by atoms with Gasteiger partial charge in [0.1, 0.15) is 12.2 Å². The maximum atomic E-state index is 12.5. The topological polar surface area (TPSA) is 110 Å². The number of aliphatic hydroxyl groups excluding tert-OH is 4. The molecule has 0 saturated carbocycles. The highest BCUT2D eigenvalue weighted by Crippen LogP contribution is 2.18. The Kier molecular flexibility index (Phi) is 47.3. The second kappa shape index (κ2) is 48.1. The molecule has 0 saturated heterocycles. The summed E-state index contributed by atoms with van der Waals surface area (Å²) in [5, 5.41) is 43.7. The summed E-state index contributed by atoms with van der Waals surface area (Å²) in [6.07, 6.45) is 55.7. The molecule has 0 fully saturated rings. The Bertz CT molecular complexity index is 852. The molecule has 4 unspecified atom stereocenters. The summed E-state index contributed by atoms with van der Waals surface area (Å²) >= 11 is 0. The maximum Gasteiger partial charge on any atom is 0.249 e. The van der Waals surface area contributed by atoms with Crippen LogP contribution in [0.2, 0.25) is 0 Å². The molecule has 0 aromatic heterocycles. The Hall–Kier alpha value is -0.950. The number of rotatable bonds is 49. The molecular weight excluding hydrogens is 731 g/mol. The van der Waals surface area contributed by atoms with E-state index in [2.05, 4.69) is 31.3 Å². The van der Waals surface area contributed by atoms with Gasteiger partial charge in [0, 0.05) is 0 Å². The first-order valence-corrected chi connectivity index (χ1v) is 26.6. The van der Waals surface area contributed by atoms with Gasteiger partial charge in [-0.1, -0.05) is 264 Å². The minimum Gasteiger partial charge on any atom is -0.394 e. The van der Waals surface area contributed by atoms with E-state index in [9.17, 15) is 25.2 Å². The van der Waals surface area contributed by atoms with Gasteiger partial charge >= 0.3 is 0 Å². The monoisotopic (exact) mass is 836 g/mol. The fraction of sp³-hybridized carbons (Fsp3) is 0.943. The van der Waals surface area contributed by atoms with Crippen LogP contribution >= 0.6 is 0 Å². The Morgan fingerprint density at radius 1 is 0.407 bits per heavy atom. The molecule has 0 bridgehead atoms. The molecule has 6 nitrogen and oxygen atoms in total. The first-order chi connectivity index (χ1) is 29.0. The molecule has 1 amide bonds. The van der Waals surface area contributed by atoms with Crippen LogP contribution in [-0.4, -0.2) is 57.3 Å². The minimum absolute atomic E-state index is 0.373. The number of nitrogens with one attached hydrogen (secondary N) is 1. The number of carbonyl (C=O) groups excluding carboxylic acids is 1. The van der Waals surface area contributed by atoms with Crippen molar-refractivity contribution >= 4 is 5.91 Å². The van der Waals surface area contributed by atoms with Gasteiger partial charge in [0.05, 0.1) is 18.8 Å². The number of amides is 1. The third kappa shape index (κ3) is 42.1. The predicted octanol–water partition coefficient (Wildman–Crippen LogP) is 14.9. The SMILES string of the molecule is CCCCCCCCCCCCCC/C=C\CCCCCCCCCCCCCCCCCCC(O)C(=O)NC(CO)C(O)C(O)CCCCCCCCCCCCC. The van der Waals surface area contributed by atoms with E-state index in [1.165, 1.54) is 225 Å². The number of hydrogen-bond acceptors (Lipinski definition) is 5. The Morgan fingerprint density at radius 3 is 0.983 bits per heavy atom. The van der Waals surface area contributed by atoms with Crippen LogP contribution in [0.25, 0.3) is 0 Å². The number of aliphatic hydroxyl groups is 4. The molecule has 5 N–H and O–H groups in total. The van der Waals surface area contributed by atoms with E-state index >= 15 is 0 Å². The molecule has 0 radical (unpaired) electrons. The highest BCUT2D eigenvalue weighted by atomic mass is 16.3. The smallest absolute Gasteiger partial charge is 0.249 e. The molecule has 0 heterocycles. The van der Waals surface area contributed by atoms with Crippen molar-refractivity contribution in [3.8, 4) is 0 Å². The van der Waals surface area contributed by atoms with Crippen LogP contribution in [0.4, 0.5) is 0 Å². The zero-order valence-electron chi connectivity index (χ0n) is 39.8. The fourth-order valence-electron chi connectivity index (χ4n) is 8.52. The van der Waals surface area contributed by atoms with Crippen molar-refractivity contribution in [3.63, 3.8) is 0 Å². The zero-order chi connectivity index (χ0) is 43.1. The molecule has 0 spiro atoms. The molecule has 4 atom stereocenters. The van der Waals surface area contributed by atoms with Crippen molar-refractivity contribution in [2.75, 3.05) is 6.61 Å². The van der Waals surface area contributed by atoms with Gasteiger partial charge in [-0.05, 0) is 38.5 Å². The third-order valence-corrected chi connectivity index (χ3v) is 12.7. The van der Waals surface area contributed by atoms with Gasteiger partial charge in [-0.15, -0.1) is 0 Å². The van der Waals surface area contributed by atoms with E-state index in [4.69, 9.17) is 0 Å². The largest absolute Gasteiger partial charge is 0.394 e. The van der Waals surface area contributed by atoms with Gasteiger partial charge < -0.3 is 25.7 Å². The van der Waals surface area contributed by atoms with Gasteiger partial charge in [-0.2, -0.15) is 0 Å². The van der Waals surface area contributed by atoms with Crippen molar-refractivity contribution in [1.29, 1.82) is 0 Å². The molecule has 0 aromatic carbocycles. The summed E-state index contributed by atoms with van der Waals surface area (Å²) in [6, 6.07) is -0.980. The number of carbonyl (C=O) groups is 1. The van der Waals surface area contributed by atoms with Crippen LogP contribution in [-0.2, 0) is 4.79 Å². The van der Waals surface area contributed by atoms with E-state index in [1.807, 2.05) is 0 Å². The fourth-order valence-corrected chi connectivity index (χ4v) is 8.52. The lowest BCUT2D eigenvalue weighted by molar-refractivity contribution is -0.132. The van der Waals surface area contributed by atoms with Gasteiger partial charge in [0.2, 0.25) is 5.91 Å². The van der Waals surface area contributed by atoms with E-state index in [0.717, 1.165) is 38.5 Å². The lowest BCUT2D eigenvalue weighted by atomic mass is 9.99. The molecule has 0 aliphatic heterocycles. The van der Waals surface area contributed by atoms with Crippen molar-refractivity contribution < 1.29 is 25.2 Å². The summed E-state index contributed by atoms with van der Waals surface area (Å²) in [4.78, 5) is 12.5. The highest BCUT2D eigenvalue weighted by Gasteiger charge is 2.28. The summed E-state index contributed by atoms with van der Waals surface area (Å²) in [5.41, 5.74) is 0. The average Bonchev–Trinajstić information content (AvgIpc) is 3.24. The first kappa shape index (κ1) is 58.0. The number of hydrogen-bond donors (Lipinski definition) is 5. The minimum atomic E-state index is -1.25. The molecule has 59 heavy (non-hydrogen) atoms. The molecule has 0 aliphatic carbocycles. The molecule has 0 aromatic rings. The summed E-state index contributed by atoms with van der Waals surface area (Å²) in [7, 11) is 0. The summed E-state index contributed by atoms with van der Waals surface area (Å²) in [5.74, 6) is -0.580. The zero-order valence-corrected chi connectivity index (χ0v) is 39.8. The predicted molar refractivity (Wildman–Crippen MR) is 256 cm³/mol. The molecular formula is C53H105NO5. The molecule has 0 rings (SSSR count). The Labute approximate surface area is 368 Å². The van der Waals surface area contributed by atoms with Crippen LogP contribution < -0.4 is 5.32 Å². The van der Waals surface area contributed by atoms with Crippen molar-refractivity contribution in [1.82, 2.24) is 5.32 Å². The van der Waals surface area contributed by atoms with Crippen LogP contribution in [0.15, 0.2) is 12.2 Å². The van der Waals surface area contributed by atoms with Crippen LogP contribution in [0, 0.1) is 0 Å². The van der Waals surface area contributed by atoms with Gasteiger partial charge in [0.25, 0.3) is 0 Å². The van der Waals surface area contributed by atoms with E-state index in [-0.39, 0.29) is 0 Å². The average molecular weight is 836 g/mol. The van der Waals surface area contributed by atoms with E-state index in [1.54, 1.807) is 0 Å². The Morgan fingerprint density at radius 2 is 0.678 bits per heavy atom. The summed E-state index contributed by atoms with van der Waals surface area (Å²) < 4.78 is 0. The maximum absolute atomic E-state index is 12.5. The van der Waals surface area contributed by atoms with E-state index in [0.29, 0.717) is 12.8 Å². The van der Waals surface area contributed by atoms with Crippen molar-refractivity contribution in [2.24, 2.45) is 0 Å². The molecule has 6 heteroatoms. The lowest BCUT2D eigenvalue weighted by Gasteiger charge is -2.27. The number of unbranched alkanes of at least 4 members (excludes halogenated alkanes) is 38. The van der Waals surface area contributed by atoms with Gasteiger partial charge in [0.15, 0.2) is 0 Å². The van der Waals surface area contributed by atoms with E-state index < -0.39 is 36.9 Å². The van der Waals surface area contributed by atoms with Crippen LogP contribution in [0.3, 0.4) is 0 Å². The van der Waals surface area contributed by atoms with Crippen molar-refractivity contribution in [2.45, 2.75) is 314 Å². The highest BCUT2D eigenvalue weighted by molar-refractivity contribution is 5.80. The van der Waals surface area contributed by atoms with Crippen LogP contribution in [0.1, 0.15) is 290 Å². The second-order valence-corrected chi connectivity index (χ2v) is 18.6. The normalized spacial score (nSPS) is 13.9. The molecule has 352 valence electrons. The molecule has 0 aliphatic rings. The van der Waals surface area contributed by atoms with Crippen LogP contribution in [0.5, 0.6) is 0 Å². The first-order valence-electron chi connectivity index (χ1n) is 26.6.